The van der Waals surface area contributed by atoms with E-state index in [1.165, 1.54) is 12.8 Å². The Morgan fingerprint density at radius 3 is 2.56 bits per heavy atom. The fraction of sp³-hybridized carbons (Fsp3) is 0.680. The van der Waals surface area contributed by atoms with Crippen LogP contribution in [0.1, 0.15) is 58.9 Å². The lowest BCUT2D eigenvalue weighted by Gasteiger charge is -2.40. The normalized spacial score (nSPS) is 17.9. The summed E-state index contributed by atoms with van der Waals surface area (Å²) in [7, 11) is 0. The number of piperidine rings is 1. The topological polar surface area (TPSA) is 77.4 Å². The molecule has 178 valence electrons. The molecule has 2 N–H and O–H groups in total. The number of phenols is 1. The number of benzene rings is 1. The summed E-state index contributed by atoms with van der Waals surface area (Å²) in [5.41, 5.74) is 0.608. The molecular weight excluding hydrogens is 404 g/mol. The van der Waals surface area contributed by atoms with Crippen LogP contribution in [0, 0.1) is 5.92 Å². The van der Waals surface area contributed by atoms with Gasteiger partial charge in [-0.3, -0.25) is 4.99 Å². The van der Waals surface area contributed by atoms with E-state index in [2.05, 4.69) is 17.1 Å². The summed E-state index contributed by atoms with van der Waals surface area (Å²) >= 11 is 0. The molecule has 1 aromatic rings. The van der Waals surface area contributed by atoms with Gasteiger partial charge in [0.15, 0.2) is 5.96 Å². The highest BCUT2D eigenvalue weighted by molar-refractivity contribution is 5.80. The molecule has 3 rings (SSSR count). The molecule has 0 spiro atoms. The van der Waals surface area contributed by atoms with Crippen molar-refractivity contribution in [2.24, 2.45) is 10.9 Å². The van der Waals surface area contributed by atoms with Crippen LogP contribution in [-0.2, 0) is 11.2 Å². The van der Waals surface area contributed by atoms with E-state index < -0.39 is 5.60 Å². The molecule has 0 unspecified atom stereocenters. The first-order valence-electron chi connectivity index (χ1n) is 12.1. The fourth-order valence-corrected chi connectivity index (χ4v) is 4.09. The fourth-order valence-electron chi connectivity index (χ4n) is 4.09. The second-order valence-electron chi connectivity index (χ2n) is 9.95. The number of ether oxygens (including phenoxy) is 1. The molecule has 1 saturated carbocycles. The Morgan fingerprint density at radius 1 is 1.25 bits per heavy atom. The van der Waals surface area contributed by atoms with E-state index in [0.29, 0.717) is 18.2 Å². The van der Waals surface area contributed by atoms with E-state index in [1.54, 1.807) is 12.1 Å². The number of carbonyl (C=O) groups is 1. The Bertz CT molecular complexity index is 778. The number of phenolic OH excluding ortho intramolecular Hbond substituents is 1. The minimum Gasteiger partial charge on any atom is -0.508 e. The van der Waals surface area contributed by atoms with Gasteiger partial charge in [-0.05, 0) is 83.4 Å². The Morgan fingerprint density at radius 2 is 1.97 bits per heavy atom. The van der Waals surface area contributed by atoms with E-state index in [0.717, 1.165) is 57.0 Å². The maximum Gasteiger partial charge on any atom is 0.410 e. The molecule has 0 atom stereocenters. The van der Waals surface area contributed by atoms with Crippen molar-refractivity contribution in [3.8, 4) is 5.75 Å². The van der Waals surface area contributed by atoms with Gasteiger partial charge in [-0.25, -0.2) is 4.79 Å². The van der Waals surface area contributed by atoms with Gasteiger partial charge >= 0.3 is 6.09 Å². The van der Waals surface area contributed by atoms with E-state index in [4.69, 9.17) is 9.73 Å². The van der Waals surface area contributed by atoms with Crippen LogP contribution in [0.3, 0.4) is 0 Å². The van der Waals surface area contributed by atoms with Gasteiger partial charge < -0.3 is 25.0 Å². The summed E-state index contributed by atoms with van der Waals surface area (Å²) in [6.07, 6.45) is 4.89. The largest absolute Gasteiger partial charge is 0.508 e. The SMILES string of the molecule is CCNC(=NCCc1cccc(O)c1)N1CCC(N(CC2CC2)C(=O)OC(C)(C)C)CC1. The van der Waals surface area contributed by atoms with Crippen molar-refractivity contribution in [1.29, 1.82) is 0 Å². The van der Waals surface area contributed by atoms with Gasteiger partial charge in [0.25, 0.3) is 0 Å². The standard InChI is InChI=1S/C25H40N4O3/c1-5-26-23(27-14-11-19-7-6-8-22(30)17-19)28-15-12-21(13-16-28)29(18-20-9-10-20)24(31)32-25(2,3)4/h6-8,17,20-21,30H,5,9-16,18H2,1-4H3,(H,26,27). The number of guanidine groups is 1. The van der Waals surface area contributed by atoms with Crippen LogP contribution in [0.25, 0.3) is 0 Å². The monoisotopic (exact) mass is 444 g/mol. The highest BCUT2D eigenvalue weighted by Crippen LogP contribution is 2.32. The second kappa shape index (κ2) is 10.9. The number of aromatic hydroxyl groups is 1. The summed E-state index contributed by atoms with van der Waals surface area (Å²) in [5.74, 6) is 1.86. The minimum atomic E-state index is -0.472. The average molecular weight is 445 g/mol. The molecule has 2 fully saturated rings. The number of hydrogen-bond acceptors (Lipinski definition) is 4. The van der Waals surface area contributed by atoms with Crippen molar-refractivity contribution in [3.05, 3.63) is 29.8 Å². The van der Waals surface area contributed by atoms with Crippen LogP contribution in [-0.4, -0.2) is 71.3 Å². The molecule has 0 aromatic heterocycles. The zero-order valence-corrected chi connectivity index (χ0v) is 20.1. The Balaban J connectivity index is 1.57. The number of nitrogens with zero attached hydrogens (tertiary/aromatic N) is 3. The van der Waals surface area contributed by atoms with Gasteiger partial charge in [0.05, 0.1) is 0 Å². The maximum absolute atomic E-state index is 12.9. The molecule has 32 heavy (non-hydrogen) atoms. The smallest absolute Gasteiger partial charge is 0.410 e. The number of rotatable bonds is 7. The predicted molar refractivity (Wildman–Crippen MR) is 128 cm³/mol. The van der Waals surface area contributed by atoms with Crippen LogP contribution in [0.15, 0.2) is 29.3 Å². The molecule has 1 aliphatic carbocycles. The third-order valence-electron chi connectivity index (χ3n) is 5.89. The molecule has 0 bridgehead atoms. The highest BCUT2D eigenvalue weighted by Gasteiger charge is 2.35. The second-order valence-corrected chi connectivity index (χ2v) is 9.95. The van der Waals surface area contributed by atoms with E-state index in [1.807, 2.05) is 37.8 Å². The number of amides is 1. The van der Waals surface area contributed by atoms with Crippen LogP contribution < -0.4 is 5.32 Å². The molecule has 7 heteroatoms. The van der Waals surface area contributed by atoms with E-state index >= 15 is 0 Å². The van der Waals surface area contributed by atoms with Crippen LogP contribution >= 0.6 is 0 Å². The summed E-state index contributed by atoms with van der Waals surface area (Å²) in [6, 6.07) is 7.57. The van der Waals surface area contributed by atoms with Gasteiger partial charge in [0.1, 0.15) is 11.4 Å². The lowest BCUT2D eigenvalue weighted by Crippen LogP contribution is -2.52. The molecule has 2 aliphatic rings. The van der Waals surface area contributed by atoms with Gasteiger partial charge in [-0.2, -0.15) is 0 Å². The number of nitrogens with one attached hydrogen (secondary N) is 1. The number of hydrogen-bond donors (Lipinski definition) is 2. The van der Waals surface area contributed by atoms with Crippen LogP contribution in [0.4, 0.5) is 4.79 Å². The van der Waals surface area contributed by atoms with Crippen molar-refractivity contribution < 1.29 is 14.6 Å². The van der Waals surface area contributed by atoms with Crippen molar-refractivity contribution in [3.63, 3.8) is 0 Å². The first kappa shape index (κ1) is 24.2. The maximum atomic E-state index is 12.9. The van der Waals surface area contributed by atoms with E-state index in [-0.39, 0.29) is 12.1 Å². The van der Waals surface area contributed by atoms with Gasteiger partial charge in [0.2, 0.25) is 0 Å². The molecule has 7 nitrogen and oxygen atoms in total. The Kier molecular flexibility index (Phi) is 8.26. The third-order valence-corrected chi connectivity index (χ3v) is 5.89. The average Bonchev–Trinajstić information content (AvgIpc) is 3.55. The number of aliphatic imine (C=N–C) groups is 1. The summed E-state index contributed by atoms with van der Waals surface area (Å²) in [6.45, 7) is 11.9. The number of likely N-dealkylation sites (tertiary alicyclic amines) is 1. The molecule has 1 amide bonds. The zero-order valence-electron chi connectivity index (χ0n) is 20.1. The van der Waals surface area contributed by atoms with Crippen LogP contribution in [0.5, 0.6) is 5.75 Å². The molecule has 1 saturated heterocycles. The summed E-state index contributed by atoms with van der Waals surface area (Å²) < 4.78 is 5.72. The molecule has 0 radical (unpaired) electrons. The molecular formula is C25H40N4O3. The van der Waals surface area contributed by atoms with Crippen molar-refractivity contribution in [2.45, 2.75) is 71.4 Å². The van der Waals surface area contributed by atoms with Gasteiger partial charge in [-0.1, -0.05) is 12.1 Å². The zero-order chi connectivity index (χ0) is 23.1. The van der Waals surface area contributed by atoms with Crippen molar-refractivity contribution >= 4 is 12.1 Å². The highest BCUT2D eigenvalue weighted by atomic mass is 16.6. The molecule has 1 aliphatic heterocycles. The Hall–Kier alpha value is -2.44. The lowest BCUT2D eigenvalue weighted by molar-refractivity contribution is 0.00928. The first-order chi connectivity index (χ1) is 15.2. The third kappa shape index (κ3) is 7.61. The summed E-state index contributed by atoms with van der Waals surface area (Å²) in [5, 5.41) is 13.1. The first-order valence-corrected chi connectivity index (χ1v) is 12.1. The van der Waals surface area contributed by atoms with Crippen molar-refractivity contribution in [2.75, 3.05) is 32.7 Å². The van der Waals surface area contributed by atoms with Gasteiger partial charge in [0, 0.05) is 38.8 Å². The summed E-state index contributed by atoms with van der Waals surface area (Å²) in [4.78, 5) is 22.0. The van der Waals surface area contributed by atoms with Crippen molar-refractivity contribution in [1.82, 2.24) is 15.1 Å². The van der Waals surface area contributed by atoms with E-state index in [9.17, 15) is 9.90 Å². The molecule has 1 heterocycles. The lowest BCUT2D eigenvalue weighted by atomic mass is 10.0. The van der Waals surface area contributed by atoms with Crippen LogP contribution in [0.2, 0.25) is 0 Å². The Labute approximate surface area is 192 Å². The minimum absolute atomic E-state index is 0.172. The van der Waals surface area contributed by atoms with Gasteiger partial charge in [-0.15, -0.1) is 0 Å². The quantitative estimate of drug-likeness (QED) is 0.491. The molecule has 1 aromatic carbocycles. The number of carbonyl (C=O) groups excluding carboxylic acids is 1. The predicted octanol–water partition coefficient (Wildman–Crippen LogP) is 4.01.